The van der Waals surface area contributed by atoms with Gasteiger partial charge in [0.05, 0.1) is 6.54 Å². The predicted octanol–water partition coefficient (Wildman–Crippen LogP) is 2.44. The summed E-state index contributed by atoms with van der Waals surface area (Å²) in [6, 6.07) is 20.7. The number of benzene rings is 2. The van der Waals surface area contributed by atoms with Crippen LogP contribution < -0.4 is 10.5 Å². The van der Waals surface area contributed by atoms with Crippen molar-refractivity contribution in [2.75, 3.05) is 6.54 Å². The average Bonchev–Trinajstić information content (AvgIpc) is 2.47. The van der Waals surface area contributed by atoms with Crippen molar-refractivity contribution in [1.82, 2.24) is 0 Å². The molecule has 0 aliphatic rings. The summed E-state index contributed by atoms with van der Waals surface area (Å²) < 4.78 is 5.80. The second-order valence-electron chi connectivity index (χ2n) is 3.92. The molecule has 0 amide bonds. The van der Waals surface area contributed by atoms with E-state index in [-0.39, 0.29) is 6.54 Å². The van der Waals surface area contributed by atoms with Gasteiger partial charge in [0.2, 0.25) is 5.60 Å². The van der Waals surface area contributed by atoms with Gasteiger partial charge in [-0.1, -0.05) is 48.5 Å². The first kappa shape index (κ1) is 12.2. The minimum absolute atomic E-state index is 0.0996. The fraction of sp³-hybridized carbons (Fsp3) is 0.133. The van der Waals surface area contributed by atoms with Crippen molar-refractivity contribution in [2.45, 2.75) is 5.60 Å². The number of rotatable bonds is 4. The molecular weight excluding hydrogens is 224 g/mol. The van der Waals surface area contributed by atoms with E-state index in [0.717, 1.165) is 5.56 Å². The van der Waals surface area contributed by atoms with Gasteiger partial charge in [0.1, 0.15) is 11.8 Å². The number of hydrogen-bond donors (Lipinski definition) is 1. The van der Waals surface area contributed by atoms with E-state index in [1.807, 2.05) is 60.7 Å². The largest absolute Gasteiger partial charge is 0.467 e. The van der Waals surface area contributed by atoms with Crippen molar-refractivity contribution < 1.29 is 4.74 Å². The van der Waals surface area contributed by atoms with E-state index in [1.54, 1.807) is 0 Å². The molecule has 90 valence electrons. The molecule has 18 heavy (non-hydrogen) atoms. The van der Waals surface area contributed by atoms with Crippen molar-refractivity contribution in [1.29, 1.82) is 5.26 Å². The molecule has 0 saturated heterocycles. The molecule has 3 nitrogen and oxygen atoms in total. The fourth-order valence-corrected chi connectivity index (χ4v) is 1.75. The molecule has 2 aromatic carbocycles. The molecule has 3 heteroatoms. The van der Waals surface area contributed by atoms with Crippen molar-refractivity contribution in [3.05, 3.63) is 66.2 Å². The first-order valence-corrected chi connectivity index (χ1v) is 5.72. The van der Waals surface area contributed by atoms with Crippen LogP contribution in [-0.4, -0.2) is 6.54 Å². The van der Waals surface area contributed by atoms with Crippen molar-refractivity contribution in [3.63, 3.8) is 0 Å². The Bertz CT molecular complexity index is 533. The van der Waals surface area contributed by atoms with Gasteiger partial charge in [-0.05, 0) is 12.1 Å². The van der Waals surface area contributed by atoms with E-state index in [4.69, 9.17) is 10.5 Å². The standard InChI is InChI=1S/C15H14N2O/c16-11-15(12-17,13-7-3-1-4-8-13)18-14-9-5-2-6-10-14/h1-10H,11,16H2. The molecule has 0 radical (unpaired) electrons. The van der Waals surface area contributed by atoms with Gasteiger partial charge in [0, 0.05) is 5.56 Å². The number of ether oxygens (including phenoxy) is 1. The molecule has 1 atom stereocenters. The second kappa shape index (κ2) is 5.35. The van der Waals surface area contributed by atoms with Crippen molar-refractivity contribution >= 4 is 0 Å². The molecule has 0 saturated carbocycles. The summed E-state index contributed by atoms with van der Waals surface area (Å²) in [6.07, 6.45) is 0. The van der Waals surface area contributed by atoms with Crippen molar-refractivity contribution in [3.8, 4) is 11.8 Å². The van der Waals surface area contributed by atoms with Gasteiger partial charge in [-0.15, -0.1) is 0 Å². The first-order chi connectivity index (χ1) is 8.80. The maximum Gasteiger partial charge on any atom is 0.231 e. The molecule has 2 rings (SSSR count). The highest BCUT2D eigenvalue weighted by atomic mass is 16.5. The van der Waals surface area contributed by atoms with Gasteiger partial charge in [0.25, 0.3) is 0 Å². The summed E-state index contributed by atoms with van der Waals surface area (Å²) >= 11 is 0. The number of para-hydroxylation sites is 1. The lowest BCUT2D eigenvalue weighted by molar-refractivity contribution is 0.137. The zero-order valence-corrected chi connectivity index (χ0v) is 9.91. The third-order valence-corrected chi connectivity index (χ3v) is 2.74. The summed E-state index contributed by atoms with van der Waals surface area (Å²) in [5, 5.41) is 9.44. The SMILES string of the molecule is N#CC(CN)(Oc1ccccc1)c1ccccc1. The van der Waals surface area contributed by atoms with Gasteiger partial charge >= 0.3 is 0 Å². The summed E-state index contributed by atoms with van der Waals surface area (Å²) in [4.78, 5) is 0. The van der Waals surface area contributed by atoms with Gasteiger partial charge in [-0.3, -0.25) is 0 Å². The quantitative estimate of drug-likeness (QED) is 0.890. The van der Waals surface area contributed by atoms with Crippen LogP contribution in [0.5, 0.6) is 5.75 Å². The Hall–Kier alpha value is -2.31. The van der Waals surface area contributed by atoms with Crippen LogP contribution in [0.4, 0.5) is 0 Å². The lowest BCUT2D eigenvalue weighted by Crippen LogP contribution is -2.39. The van der Waals surface area contributed by atoms with Gasteiger partial charge in [-0.2, -0.15) is 5.26 Å². The monoisotopic (exact) mass is 238 g/mol. The summed E-state index contributed by atoms with van der Waals surface area (Å²) in [7, 11) is 0. The molecule has 2 aromatic rings. The van der Waals surface area contributed by atoms with Crippen LogP contribution in [0, 0.1) is 11.3 Å². The van der Waals surface area contributed by atoms with Crippen LogP contribution >= 0.6 is 0 Å². The van der Waals surface area contributed by atoms with E-state index in [1.165, 1.54) is 0 Å². The molecule has 0 bridgehead atoms. The second-order valence-corrected chi connectivity index (χ2v) is 3.92. The molecule has 0 spiro atoms. The Balaban J connectivity index is 2.37. The van der Waals surface area contributed by atoms with E-state index in [0.29, 0.717) is 5.75 Å². The Morgan fingerprint density at radius 1 is 1.00 bits per heavy atom. The van der Waals surface area contributed by atoms with E-state index in [2.05, 4.69) is 6.07 Å². The zero-order valence-electron chi connectivity index (χ0n) is 9.91. The molecule has 0 aliphatic heterocycles. The Morgan fingerprint density at radius 2 is 1.56 bits per heavy atom. The van der Waals surface area contributed by atoms with Gasteiger partial charge in [-0.25, -0.2) is 0 Å². The zero-order chi connectivity index (χ0) is 12.8. The third-order valence-electron chi connectivity index (χ3n) is 2.74. The Morgan fingerprint density at radius 3 is 2.06 bits per heavy atom. The summed E-state index contributed by atoms with van der Waals surface area (Å²) in [5.41, 5.74) is 5.38. The number of nitrogens with two attached hydrogens (primary N) is 1. The highest BCUT2D eigenvalue weighted by Gasteiger charge is 2.33. The van der Waals surface area contributed by atoms with E-state index < -0.39 is 5.60 Å². The topological polar surface area (TPSA) is 59.0 Å². The normalized spacial score (nSPS) is 13.3. The minimum atomic E-state index is -1.14. The van der Waals surface area contributed by atoms with Crippen LogP contribution in [-0.2, 0) is 5.60 Å². The van der Waals surface area contributed by atoms with Gasteiger partial charge < -0.3 is 10.5 Å². The molecule has 0 aromatic heterocycles. The smallest absolute Gasteiger partial charge is 0.231 e. The molecule has 2 N–H and O–H groups in total. The molecular formula is C15H14N2O. The van der Waals surface area contributed by atoms with E-state index >= 15 is 0 Å². The van der Waals surface area contributed by atoms with Gasteiger partial charge in [0.15, 0.2) is 0 Å². The maximum absolute atomic E-state index is 9.44. The van der Waals surface area contributed by atoms with E-state index in [9.17, 15) is 5.26 Å². The predicted molar refractivity (Wildman–Crippen MR) is 69.9 cm³/mol. The van der Waals surface area contributed by atoms with Crippen LogP contribution in [0.25, 0.3) is 0 Å². The van der Waals surface area contributed by atoms with Crippen LogP contribution in [0.1, 0.15) is 5.56 Å². The van der Waals surface area contributed by atoms with Crippen LogP contribution in [0.2, 0.25) is 0 Å². The third kappa shape index (κ3) is 2.34. The fourth-order valence-electron chi connectivity index (χ4n) is 1.75. The first-order valence-electron chi connectivity index (χ1n) is 5.72. The molecule has 1 unspecified atom stereocenters. The Labute approximate surface area is 106 Å². The van der Waals surface area contributed by atoms with Crippen LogP contribution in [0.15, 0.2) is 60.7 Å². The maximum atomic E-state index is 9.44. The number of hydrogen-bond acceptors (Lipinski definition) is 3. The number of nitriles is 1. The molecule has 0 heterocycles. The number of nitrogens with zero attached hydrogens (tertiary/aromatic N) is 1. The Kier molecular flexibility index (Phi) is 3.61. The highest BCUT2D eigenvalue weighted by molar-refractivity contribution is 5.33. The van der Waals surface area contributed by atoms with Crippen LogP contribution in [0.3, 0.4) is 0 Å². The lowest BCUT2D eigenvalue weighted by atomic mass is 9.95. The average molecular weight is 238 g/mol. The summed E-state index contributed by atoms with van der Waals surface area (Å²) in [5.74, 6) is 0.633. The molecule has 0 aliphatic carbocycles. The lowest BCUT2D eigenvalue weighted by Gasteiger charge is -2.26. The molecule has 0 fully saturated rings. The highest BCUT2D eigenvalue weighted by Crippen LogP contribution is 2.26. The minimum Gasteiger partial charge on any atom is -0.467 e. The summed E-state index contributed by atoms with van der Waals surface area (Å²) in [6.45, 7) is 0.0996. The van der Waals surface area contributed by atoms with Crippen molar-refractivity contribution in [2.24, 2.45) is 5.73 Å².